The first-order valence-electron chi connectivity index (χ1n) is 4.46. The largest absolute Gasteiger partial charge is 0.271 e. The first kappa shape index (κ1) is 11.8. The van der Waals surface area contributed by atoms with Gasteiger partial charge in [0.25, 0.3) is 6.43 Å². The minimum Gasteiger partial charge on any atom is -0.271 e. The summed E-state index contributed by atoms with van der Waals surface area (Å²) < 4.78 is 24.1. The topological polar surface area (TPSA) is 38.0 Å². The molecule has 0 radical (unpaired) electrons. The van der Waals surface area contributed by atoms with Crippen molar-refractivity contribution in [1.82, 2.24) is 5.43 Å². The third-order valence-corrected chi connectivity index (χ3v) is 1.89. The number of unbranched alkanes of at least 4 members (excludes halogenated alkanes) is 3. The van der Waals surface area contributed by atoms with Crippen molar-refractivity contribution in [3.8, 4) is 0 Å². The lowest BCUT2D eigenvalue weighted by Gasteiger charge is -2.13. The smallest absolute Gasteiger partial charge is 0.255 e. The summed E-state index contributed by atoms with van der Waals surface area (Å²) >= 11 is 0. The minimum absolute atomic E-state index is 0.466. The SMILES string of the molecule is CCCCCCC(NN)C(F)F. The Bertz CT molecular complexity index is 99.1. The maximum absolute atomic E-state index is 12.1. The van der Waals surface area contributed by atoms with Crippen LogP contribution < -0.4 is 11.3 Å². The summed E-state index contributed by atoms with van der Waals surface area (Å²) in [7, 11) is 0. The van der Waals surface area contributed by atoms with Crippen molar-refractivity contribution < 1.29 is 8.78 Å². The van der Waals surface area contributed by atoms with Crippen LogP contribution in [0.15, 0.2) is 0 Å². The molecule has 1 atom stereocenters. The number of rotatable bonds is 7. The van der Waals surface area contributed by atoms with Crippen LogP contribution in [0.4, 0.5) is 8.78 Å². The summed E-state index contributed by atoms with van der Waals surface area (Å²) in [6, 6.07) is -0.832. The Labute approximate surface area is 72.5 Å². The van der Waals surface area contributed by atoms with Crippen molar-refractivity contribution in [3.05, 3.63) is 0 Å². The quantitative estimate of drug-likeness (QED) is 0.357. The van der Waals surface area contributed by atoms with Gasteiger partial charge in [-0.05, 0) is 6.42 Å². The summed E-state index contributed by atoms with van der Waals surface area (Å²) in [4.78, 5) is 0. The molecule has 4 heteroatoms. The van der Waals surface area contributed by atoms with E-state index in [2.05, 4.69) is 12.3 Å². The van der Waals surface area contributed by atoms with E-state index in [9.17, 15) is 8.78 Å². The van der Waals surface area contributed by atoms with Gasteiger partial charge in [-0.2, -0.15) is 0 Å². The Hall–Kier alpha value is -0.220. The fourth-order valence-electron chi connectivity index (χ4n) is 1.07. The summed E-state index contributed by atoms with van der Waals surface area (Å²) in [5.41, 5.74) is 2.13. The summed E-state index contributed by atoms with van der Waals surface area (Å²) in [5, 5.41) is 0. The molecule has 0 rings (SSSR count). The number of alkyl halides is 2. The summed E-state index contributed by atoms with van der Waals surface area (Å²) in [6.45, 7) is 2.09. The van der Waals surface area contributed by atoms with E-state index in [4.69, 9.17) is 5.84 Å². The lowest BCUT2D eigenvalue weighted by Crippen LogP contribution is -2.40. The summed E-state index contributed by atoms with van der Waals surface area (Å²) in [5.74, 6) is 4.96. The number of hydrazine groups is 1. The van der Waals surface area contributed by atoms with Crippen LogP contribution in [0, 0.1) is 0 Å². The van der Waals surface area contributed by atoms with Gasteiger partial charge in [-0.15, -0.1) is 0 Å². The van der Waals surface area contributed by atoms with Gasteiger partial charge in [-0.25, -0.2) is 8.78 Å². The van der Waals surface area contributed by atoms with E-state index in [0.29, 0.717) is 6.42 Å². The molecular weight excluding hydrogens is 162 g/mol. The van der Waals surface area contributed by atoms with Gasteiger partial charge in [0.1, 0.15) is 0 Å². The lowest BCUT2D eigenvalue weighted by atomic mass is 10.1. The molecule has 3 N–H and O–H groups in total. The Morgan fingerprint density at radius 3 is 2.33 bits per heavy atom. The molecule has 0 fully saturated rings. The van der Waals surface area contributed by atoms with Crippen molar-refractivity contribution in [3.63, 3.8) is 0 Å². The molecule has 0 aromatic heterocycles. The maximum Gasteiger partial charge on any atom is 0.255 e. The van der Waals surface area contributed by atoms with Crippen LogP contribution in [-0.4, -0.2) is 12.5 Å². The average Bonchev–Trinajstić information content (AvgIpc) is 2.04. The fourth-order valence-corrected chi connectivity index (χ4v) is 1.07. The highest BCUT2D eigenvalue weighted by molar-refractivity contribution is 4.65. The van der Waals surface area contributed by atoms with Crippen LogP contribution in [0.1, 0.15) is 39.0 Å². The van der Waals surface area contributed by atoms with Crippen LogP contribution >= 0.6 is 0 Å². The predicted octanol–water partition coefficient (Wildman–Crippen LogP) is 2.05. The normalized spacial score (nSPS) is 13.8. The zero-order chi connectivity index (χ0) is 9.40. The molecule has 74 valence electrons. The van der Waals surface area contributed by atoms with Crippen molar-refractivity contribution in [2.45, 2.75) is 51.5 Å². The molecule has 0 aliphatic rings. The highest BCUT2D eigenvalue weighted by atomic mass is 19.3. The molecular formula is C8H18F2N2. The molecule has 0 saturated heterocycles. The molecule has 0 aliphatic heterocycles. The Morgan fingerprint density at radius 1 is 1.25 bits per heavy atom. The number of halogens is 2. The number of nitrogens with two attached hydrogens (primary N) is 1. The second-order valence-electron chi connectivity index (χ2n) is 2.96. The molecule has 0 bridgehead atoms. The molecule has 1 unspecified atom stereocenters. The Morgan fingerprint density at radius 2 is 1.92 bits per heavy atom. The van der Waals surface area contributed by atoms with Crippen LogP contribution in [0.2, 0.25) is 0 Å². The second kappa shape index (κ2) is 7.43. The molecule has 0 amide bonds. The van der Waals surface area contributed by atoms with Crippen molar-refractivity contribution >= 4 is 0 Å². The van der Waals surface area contributed by atoms with Crippen molar-refractivity contribution in [2.75, 3.05) is 0 Å². The zero-order valence-corrected chi connectivity index (χ0v) is 7.52. The fraction of sp³-hybridized carbons (Fsp3) is 1.00. The van der Waals surface area contributed by atoms with Gasteiger partial charge in [0.2, 0.25) is 0 Å². The van der Waals surface area contributed by atoms with E-state index in [1.54, 1.807) is 0 Å². The van der Waals surface area contributed by atoms with Gasteiger partial charge in [-0.1, -0.05) is 32.6 Å². The Kier molecular flexibility index (Phi) is 7.29. The predicted molar refractivity (Wildman–Crippen MR) is 45.9 cm³/mol. The highest BCUT2D eigenvalue weighted by Crippen LogP contribution is 2.10. The van der Waals surface area contributed by atoms with E-state index in [0.717, 1.165) is 25.7 Å². The van der Waals surface area contributed by atoms with Gasteiger partial charge >= 0.3 is 0 Å². The van der Waals surface area contributed by atoms with Crippen LogP contribution in [-0.2, 0) is 0 Å². The number of nitrogens with one attached hydrogen (secondary N) is 1. The molecule has 0 aromatic carbocycles. The van der Waals surface area contributed by atoms with E-state index >= 15 is 0 Å². The standard InChI is InChI=1S/C8H18F2N2/c1-2-3-4-5-6-7(12-11)8(9)10/h7-8,12H,2-6,11H2,1H3. The molecule has 0 spiro atoms. The van der Waals surface area contributed by atoms with Crippen molar-refractivity contribution in [2.24, 2.45) is 5.84 Å². The number of hydrogen-bond donors (Lipinski definition) is 2. The van der Waals surface area contributed by atoms with Gasteiger partial charge in [-0.3, -0.25) is 11.3 Å². The second-order valence-corrected chi connectivity index (χ2v) is 2.96. The molecule has 0 aromatic rings. The van der Waals surface area contributed by atoms with Crippen LogP contribution in [0.3, 0.4) is 0 Å². The average molecular weight is 180 g/mol. The van der Waals surface area contributed by atoms with E-state index in [1.165, 1.54) is 0 Å². The summed E-state index contributed by atoms with van der Waals surface area (Å²) in [6.07, 6.45) is 2.19. The molecule has 2 nitrogen and oxygen atoms in total. The van der Waals surface area contributed by atoms with E-state index < -0.39 is 12.5 Å². The van der Waals surface area contributed by atoms with Gasteiger partial charge in [0.05, 0.1) is 6.04 Å². The molecule has 0 saturated carbocycles. The van der Waals surface area contributed by atoms with Crippen LogP contribution in [0.25, 0.3) is 0 Å². The van der Waals surface area contributed by atoms with Gasteiger partial charge in [0, 0.05) is 0 Å². The first-order valence-corrected chi connectivity index (χ1v) is 4.46. The Balaban J connectivity index is 3.32. The van der Waals surface area contributed by atoms with Gasteiger partial charge < -0.3 is 0 Å². The maximum atomic E-state index is 12.1. The van der Waals surface area contributed by atoms with E-state index in [-0.39, 0.29) is 0 Å². The molecule has 0 heterocycles. The van der Waals surface area contributed by atoms with Gasteiger partial charge in [0.15, 0.2) is 0 Å². The molecule has 0 aliphatic carbocycles. The minimum atomic E-state index is -2.35. The first-order chi connectivity index (χ1) is 5.72. The third-order valence-electron chi connectivity index (χ3n) is 1.89. The number of hydrogen-bond acceptors (Lipinski definition) is 2. The zero-order valence-electron chi connectivity index (χ0n) is 7.52. The monoisotopic (exact) mass is 180 g/mol. The molecule has 12 heavy (non-hydrogen) atoms. The third kappa shape index (κ3) is 5.43. The van der Waals surface area contributed by atoms with Crippen molar-refractivity contribution in [1.29, 1.82) is 0 Å². The van der Waals surface area contributed by atoms with Crippen LogP contribution in [0.5, 0.6) is 0 Å². The lowest BCUT2D eigenvalue weighted by molar-refractivity contribution is 0.0929. The van der Waals surface area contributed by atoms with E-state index in [1.807, 2.05) is 0 Å². The highest BCUT2D eigenvalue weighted by Gasteiger charge is 2.17.